The molecule has 0 bridgehead atoms. The first kappa shape index (κ1) is 15.4. The van der Waals surface area contributed by atoms with E-state index in [2.05, 4.69) is 13.0 Å². The lowest BCUT2D eigenvalue weighted by Crippen LogP contribution is -1.96. The molecule has 0 aromatic carbocycles. The average molecular weight is 225 g/mol. The summed E-state index contributed by atoms with van der Waals surface area (Å²) in [4.78, 5) is 0. The van der Waals surface area contributed by atoms with E-state index in [-0.39, 0.29) is 0 Å². The van der Waals surface area contributed by atoms with E-state index in [4.69, 9.17) is 10.00 Å². The molecule has 0 aliphatic rings. The van der Waals surface area contributed by atoms with Gasteiger partial charge < -0.3 is 4.74 Å². The van der Waals surface area contributed by atoms with Crippen LogP contribution in [0, 0.1) is 11.3 Å². The van der Waals surface area contributed by atoms with Gasteiger partial charge in [0.1, 0.15) is 0 Å². The molecule has 0 N–H and O–H groups in total. The molecule has 0 radical (unpaired) electrons. The van der Waals surface area contributed by atoms with Crippen molar-refractivity contribution >= 4 is 0 Å². The zero-order valence-electron chi connectivity index (χ0n) is 10.8. The van der Waals surface area contributed by atoms with Crippen LogP contribution in [-0.4, -0.2) is 13.2 Å². The third-order valence-corrected chi connectivity index (χ3v) is 2.72. The van der Waals surface area contributed by atoms with Crippen molar-refractivity contribution in [3.8, 4) is 6.07 Å². The Labute approximate surface area is 101 Å². The standard InChI is InChI=1S/C14H27NO/c1-2-3-4-5-6-7-8-10-13-16-14-11-9-12-15/h2-11,13-14H2,1H3. The summed E-state index contributed by atoms with van der Waals surface area (Å²) in [5.41, 5.74) is 0. The van der Waals surface area contributed by atoms with Gasteiger partial charge in [0.2, 0.25) is 0 Å². The molecule has 0 atom stereocenters. The molecule has 0 saturated heterocycles. The SMILES string of the molecule is CCCCCCCCCCOCCCC#N. The summed E-state index contributed by atoms with van der Waals surface area (Å²) in [7, 11) is 0. The Balaban J connectivity index is 2.86. The maximum atomic E-state index is 8.32. The van der Waals surface area contributed by atoms with Gasteiger partial charge >= 0.3 is 0 Å². The summed E-state index contributed by atoms with van der Waals surface area (Å²) >= 11 is 0. The topological polar surface area (TPSA) is 33.0 Å². The lowest BCUT2D eigenvalue weighted by atomic mass is 10.1. The van der Waals surface area contributed by atoms with Gasteiger partial charge in [-0.1, -0.05) is 51.9 Å². The van der Waals surface area contributed by atoms with E-state index in [0.717, 1.165) is 19.6 Å². The van der Waals surface area contributed by atoms with E-state index in [9.17, 15) is 0 Å². The highest BCUT2D eigenvalue weighted by atomic mass is 16.5. The van der Waals surface area contributed by atoms with Gasteiger partial charge in [-0.15, -0.1) is 0 Å². The Hall–Kier alpha value is -0.550. The summed E-state index contributed by atoms with van der Waals surface area (Å²) in [6, 6.07) is 2.12. The van der Waals surface area contributed by atoms with Crippen LogP contribution in [0.1, 0.15) is 71.1 Å². The van der Waals surface area contributed by atoms with E-state index in [1.54, 1.807) is 0 Å². The van der Waals surface area contributed by atoms with E-state index in [0.29, 0.717) is 6.42 Å². The Kier molecular flexibility index (Phi) is 14.0. The normalized spacial score (nSPS) is 10.2. The number of ether oxygens (including phenoxy) is 1. The van der Waals surface area contributed by atoms with Crippen LogP contribution in [-0.2, 0) is 4.74 Å². The van der Waals surface area contributed by atoms with E-state index >= 15 is 0 Å². The fourth-order valence-electron chi connectivity index (χ4n) is 1.69. The lowest BCUT2D eigenvalue weighted by molar-refractivity contribution is 0.128. The summed E-state index contributed by atoms with van der Waals surface area (Å²) < 4.78 is 5.43. The molecule has 94 valence electrons. The predicted molar refractivity (Wildman–Crippen MR) is 68.3 cm³/mol. The smallest absolute Gasteiger partial charge is 0.0622 e. The molecule has 0 amide bonds. The van der Waals surface area contributed by atoms with Crippen LogP contribution in [0.25, 0.3) is 0 Å². The van der Waals surface area contributed by atoms with Gasteiger partial charge in [-0.25, -0.2) is 0 Å². The van der Waals surface area contributed by atoms with Crippen LogP contribution < -0.4 is 0 Å². The van der Waals surface area contributed by atoms with Crippen LogP contribution in [0.3, 0.4) is 0 Å². The first-order valence-electron chi connectivity index (χ1n) is 6.86. The second-order valence-electron chi connectivity index (χ2n) is 4.35. The number of rotatable bonds is 12. The van der Waals surface area contributed by atoms with Gasteiger partial charge in [-0.3, -0.25) is 0 Å². The van der Waals surface area contributed by atoms with Gasteiger partial charge in [-0.05, 0) is 12.8 Å². The maximum Gasteiger partial charge on any atom is 0.0622 e. The highest BCUT2D eigenvalue weighted by Gasteiger charge is 1.92. The average Bonchev–Trinajstić information content (AvgIpc) is 2.31. The number of nitrogens with zero attached hydrogens (tertiary/aromatic N) is 1. The van der Waals surface area contributed by atoms with E-state index < -0.39 is 0 Å². The zero-order chi connectivity index (χ0) is 11.9. The van der Waals surface area contributed by atoms with Crippen LogP contribution in [0.5, 0.6) is 0 Å². The Morgan fingerprint density at radius 3 is 2.00 bits per heavy atom. The fraction of sp³-hybridized carbons (Fsp3) is 0.929. The molecule has 16 heavy (non-hydrogen) atoms. The minimum Gasteiger partial charge on any atom is -0.381 e. The molecular formula is C14H27NO. The first-order chi connectivity index (χ1) is 7.91. The van der Waals surface area contributed by atoms with Crippen molar-refractivity contribution in [2.75, 3.05) is 13.2 Å². The Morgan fingerprint density at radius 2 is 1.38 bits per heavy atom. The third kappa shape index (κ3) is 13.4. The third-order valence-electron chi connectivity index (χ3n) is 2.72. The van der Waals surface area contributed by atoms with Gasteiger partial charge in [0, 0.05) is 19.6 Å². The summed E-state index contributed by atoms with van der Waals surface area (Å²) in [5, 5.41) is 8.32. The highest BCUT2D eigenvalue weighted by molar-refractivity contribution is 4.67. The van der Waals surface area contributed by atoms with Crippen molar-refractivity contribution in [3.05, 3.63) is 0 Å². The molecule has 0 aromatic rings. The Morgan fingerprint density at radius 1 is 0.812 bits per heavy atom. The van der Waals surface area contributed by atoms with Crippen molar-refractivity contribution in [3.63, 3.8) is 0 Å². The van der Waals surface area contributed by atoms with Gasteiger partial charge in [-0.2, -0.15) is 5.26 Å². The lowest BCUT2D eigenvalue weighted by Gasteiger charge is -2.03. The maximum absolute atomic E-state index is 8.32. The monoisotopic (exact) mass is 225 g/mol. The van der Waals surface area contributed by atoms with E-state index in [1.165, 1.54) is 51.4 Å². The van der Waals surface area contributed by atoms with Crippen molar-refractivity contribution in [1.82, 2.24) is 0 Å². The van der Waals surface area contributed by atoms with Crippen molar-refractivity contribution in [2.45, 2.75) is 71.1 Å². The minimum atomic E-state index is 0.622. The highest BCUT2D eigenvalue weighted by Crippen LogP contribution is 2.08. The largest absolute Gasteiger partial charge is 0.381 e. The molecule has 0 saturated carbocycles. The molecule has 0 aliphatic carbocycles. The molecule has 2 heteroatoms. The number of nitriles is 1. The van der Waals surface area contributed by atoms with Gasteiger partial charge in [0.25, 0.3) is 0 Å². The molecule has 0 heterocycles. The molecule has 2 nitrogen and oxygen atoms in total. The van der Waals surface area contributed by atoms with Crippen LogP contribution in [0.2, 0.25) is 0 Å². The molecule has 0 spiro atoms. The van der Waals surface area contributed by atoms with Gasteiger partial charge in [0.05, 0.1) is 6.07 Å². The molecule has 0 fully saturated rings. The number of hydrogen-bond donors (Lipinski definition) is 0. The van der Waals surface area contributed by atoms with Crippen LogP contribution in [0.4, 0.5) is 0 Å². The predicted octanol–water partition coefficient (Wildman–Crippen LogP) is 4.45. The number of hydrogen-bond acceptors (Lipinski definition) is 2. The second-order valence-corrected chi connectivity index (χ2v) is 4.35. The van der Waals surface area contributed by atoms with Crippen molar-refractivity contribution < 1.29 is 4.74 Å². The number of unbranched alkanes of at least 4 members (excludes halogenated alkanes) is 8. The summed E-state index contributed by atoms with van der Waals surface area (Å²) in [5.74, 6) is 0. The summed E-state index contributed by atoms with van der Waals surface area (Å²) in [6.07, 6.45) is 12.2. The van der Waals surface area contributed by atoms with Crippen molar-refractivity contribution in [1.29, 1.82) is 5.26 Å². The van der Waals surface area contributed by atoms with Crippen molar-refractivity contribution in [2.24, 2.45) is 0 Å². The van der Waals surface area contributed by atoms with Crippen LogP contribution in [0.15, 0.2) is 0 Å². The fourth-order valence-corrected chi connectivity index (χ4v) is 1.69. The van der Waals surface area contributed by atoms with Crippen LogP contribution >= 0.6 is 0 Å². The Bertz CT molecular complexity index is 163. The minimum absolute atomic E-state index is 0.622. The second kappa shape index (κ2) is 14.5. The molecule has 0 aromatic heterocycles. The molecule has 0 rings (SSSR count). The summed E-state index contributed by atoms with van der Waals surface area (Å²) in [6.45, 7) is 3.88. The first-order valence-corrected chi connectivity index (χ1v) is 6.86. The quantitative estimate of drug-likeness (QED) is 0.460. The van der Waals surface area contributed by atoms with Gasteiger partial charge in [0.15, 0.2) is 0 Å². The van der Waals surface area contributed by atoms with E-state index in [1.807, 2.05) is 0 Å². The molecule has 0 aliphatic heterocycles. The molecular weight excluding hydrogens is 198 g/mol. The molecule has 0 unspecified atom stereocenters. The zero-order valence-corrected chi connectivity index (χ0v) is 10.8.